The Morgan fingerprint density at radius 3 is 2.61 bits per heavy atom. The molecule has 0 radical (unpaired) electrons. The van der Waals surface area contributed by atoms with Crippen molar-refractivity contribution in [3.05, 3.63) is 45.3 Å². The second kappa shape index (κ2) is 5.85. The van der Waals surface area contributed by atoms with Crippen LogP contribution in [0, 0.1) is 0 Å². The van der Waals surface area contributed by atoms with Crippen molar-refractivity contribution in [2.45, 2.75) is 6.61 Å². The molecule has 18 heavy (non-hydrogen) atoms. The van der Waals surface area contributed by atoms with Gasteiger partial charge >= 0.3 is 0 Å². The van der Waals surface area contributed by atoms with Crippen molar-refractivity contribution >= 4 is 34.8 Å². The average molecular weight is 304 g/mol. The van der Waals surface area contributed by atoms with Gasteiger partial charge in [-0.3, -0.25) is 0 Å². The van der Waals surface area contributed by atoms with Gasteiger partial charge in [-0.2, -0.15) is 0 Å². The zero-order chi connectivity index (χ0) is 13.1. The average Bonchev–Trinajstić information content (AvgIpc) is 2.32. The van der Waals surface area contributed by atoms with Gasteiger partial charge in [-0.05, 0) is 18.2 Å². The maximum atomic E-state index is 6.12. The fraction of sp³-hybridized carbons (Fsp3) is 0.167. The molecule has 0 amide bonds. The van der Waals surface area contributed by atoms with Crippen LogP contribution in [0.4, 0.5) is 0 Å². The molecule has 2 rings (SSSR count). The lowest BCUT2D eigenvalue weighted by atomic mass is 10.1. The summed E-state index contributed by atoms with van der Waals surface area (Å²) < 4.78 is 4.99. The van der Waals surface area contributed by atoms with Crippen molar-refractivity contribution in [3.8, 4) is 11.3 Å². The Hall–Kier alpha value is -0.870. The third kappa shape index (κ3) is 3.12. The van der Waals surface area contributed by atoms with E-state index < -0.39 is 0 Å². The zero-order valence-corrected chi connectivity index (χ0v) is 11.7. The van der Waals surface area contributed by atoms with E-state index >= 15 is 0 Å². The predicted molar refractivity (Wildman–Crippen MR) is 73.2 cm³/mol. The molecule has 1 aromatic heterocycles. The predicted octanol–water partition coefficient (Wildman–Crippen LogP) is 4.25. The first-order chi connectivity index (χ1) is 8.60. The SMILES string of the molecule is COCc1nc(Cl)cc(-c2cc(Cl)ccc2Cl)n1. The number of ether oxygens (including phenoxy) is 1. The van der Waals surface area contributed by atoms with Crippen LogP contribution in [0.25, 0.3) is 11.3 Å². The van der Waals surface area contributed by atoms with Crippen molar-refractivity contribution in [1.82, 2.24) is 9.97 Å². The Bertz CT molecular complexity index is 575. The fourth-order valence-corrected chi connectivity index (χ4v) is 2.08. The van der Waals surface area contributed by atoms with Gasteiger partial charge in [0, 0.05) is 23.8 Å². The third-order valence-electron chi connectivity index (χ3n) is 2.22. The summed E-state index contributed by atoms with van der Waals surface area (Å²) in [6.45, 7) is 0.283. The molecule has 0 saturated heterocycles. The lowest BCUT2D eigenvalue weighted by molar-refractivity contribution is 0.178. The van der Waals surface area contributed by atoms with E-state index in [4.69, 9.17) is 39.5 Å². The van der Waals surface area contributed by atoms with Crippen LogP contribution in [0.2, 0.25) is 15.2 Å². The quantitative estimate of drug-likeness (QED) is 0.795. The standard InChI is InChI=1S/C12H9Cl3N2O/c1-18-6-12-16-10(5-11(15)17-12)8-4-7(13)2-3-9(8)14/h2-5H,6H2,1H3. The number of nitrogens with zero attached hydrogens (tertiary/aromatic N) is 2. The normalized spacial score (nSPS) is 10.7. The molecule has 0 fully saturated rings. The molecule has 0 aliphatic heterocycles. The molecule has 94 valence electrons. The van der Waals surface area contributed by atoms with Gasteiger partial charge in [0.15, 0.2) is 5.82 Å². The first-order valence-electron chi connectivity index (χ1n) is 5.08. The molecule has 0 atom stereocenters. The van der Waals surface area contributed by atoms with Crippen molar-refractivity contribution in [1.29, 1.82) is 0 Å². The summed E-state index contributed by atoms with van der Waals surface area (Å²) in [5.41, 5.74) is 1.33. The number of aromatic nitrogens is 2. The topological polar surface area (TPSA) is 35.0 Å². The van der Waals surface area contributed by atoms with Crippen molar-refractivity contribution in [3.63, 3.8) is 0 Å². The highest BCUT2D eigenvalue weighted by Crippen LogP contribution is 2.30. The highest BCUT2D eigenvalue weighted by molar-refractivity contribution is 6.35. The van der Waals surface area contributed by atoms with Gasteiger partial charge in [-0.1, -0.05) is 34.8 Å². The Balaban J connectivity index is 2.52. The second-order valence-corrected chi connectivity index (χ2v) is 4.78. The van der Waals surface area contributed by atoms with E-state index in [0.717, 1.165) is 0 Å². The van der Waals surface area contributed by atoms with Crippen molar-refractivity contribution in [2.75, 3.05) is 7.11 Å². The summed E-state index contributed by atoms with van der Waals surface area (Å²) in [6, 6.07) is 6.80. The first-order valence-corrected chi connectivity index (χ1v) is 6.21. The molecule has 2 aromatic rings. The second-order valence-electron chi connectivity index (χ2n) is 3.55. The molecule has 1 aromatic carbocycles. The minimum Gasteiger partial charge on any atom is -0.377 e. The molecule has 0 saturated carbocycles. The van der Waals surface area contributed by atoms with Crippen LogP contribution in [-0.4, -0.2) is 17.1 Å². The van der Waals surface area contributed by atoms with Gasteiger partial charge in [-0.15, -0.1) is 0 Å². The highest BCUT2D eigenvalue weighted by Gasteiger charge is 2.09. The van der Waals surface area contributed by atoms with Gasteiger partial charge in [0.25, 0.3) is 0 Å². The van der Waals surface area contributed by atoms with Gasteiger partial charge in [0.05, 0.1) is 10.7 Å². The van der Waals surface area contributed by atoms with E-state index in [1.807, 2.05) is 0 Å². The Labute approximate surface area is 120 Å². The lowest BCUT2D eigenvalue weighted by Gasteiger charge is -2.07. The van der Waals surface area contributed by atoms with Gasteiger partial charge in [0.2, 0.25) is 0 Å². The zero-order valence-electron chi connectivity index (χ0n) is 9.45. The molecular weight excluding hydrogens is 295 g/mol. The number of halogens is 3. The van der Waals surface area contributed by atoms with Crippen molar-refractivity contribution in [2.24, 2.45) is 0 Å². The van der Waals surface area contributed by atoms with E-state index in [2.05, 4.69) is 9.97 Å². The maximum Gasteiger partial charge on any atom is 0.156 e. The molecule has 0 aliphatic rings. The summed E-state index contributed by atoms with van der Waals surface area (Å²) in [5, 5.41) is 1.47. The maximum absolute atomic E-state index is 6.12. The number of benzene rings is 1. The summed E-state index contributed by atoms with van der Waals surface area (Å²) in [5.74, 6) is 0.496. The van der Waals surface area contributed by atoms with E-state index in [1.165, 1.54) is 0 Å². The first kappa shape index (κ1) is 13.6. The molecule has 0 N–H and O–H groups in total. The van der Waals surface area contributed by atoms with Crippen LogP contribution >= 0.6 is 34.8 Å². The van der Waals surface area contributed by atoms with Gasteiger partial charge < -0.3 is 4.74 Å². The summed E-state index contributed by atoms with van der Waals surface area (Å²) in [4.78, 5) is 8.39. The van der Waals surface area contributed by atoms with E-state index in [-0.39, 0.29) is 6.61 Å². The largest absolute Gasteiger partial charge is 0.377 e. The van der Waals surface area contributed by atoms with Crippen LogP contribution in [0.3, 0.4) is 0 Å². The summed E-state index contributed by atoms with van der Waals surface area (Å²) in [6.07, 6.45) is 0. The van der Waals surface area contributed by atoms with E-state index in [9.17, 15) is 0 Å². The number of rotatable bonds is 3. The third-order valence-corrected chi connectivity index (χ3v) is 2.98. The van der Waals surface area contributed by atoms with Gasteiger partial charge in [0.1, 0.15) is 11.8 Å². The van der Waals surface area contributed by atoms with Crippen LogP contribution in [0.15, 0.2) is 24.3 Å². The van der Waals surface area contributed by atoms with Crippen LogP contribution in [0.5, 0.6) is 0 Å². The number of hydrogen-bond donors (Lipinski definition) is 0. The lowest BCUT2D eigenvalue weighted by Crippen LogP contribution is -1.99. The molecule has 0 unspecified atom stereocenters. The van der Waals surface area contributed by atoms with E-state index in [0.29, 0.717) is 32.3 Å². The Morgan fingerprint density at radius 2 is 1.89 bits per heavy atom. The molecule has 3 nitrogen and oxygen atoms in total. The molecule has 6 heteroatoms. The molecule has 0 spiro atoms. The molecule has 0 aliphatic carbocycles. The minimum atomic E-state index is 0.283. The van der Waals surface area contributed by atoms with Gasteiger partial charge in [-0.25, -0.2) is 9.97 Å². The molecule has 1 heterocycles. The fourth-order valence-electron chi connectivity index (χ4n) is 1.49. The summed E-state index contributed by atoms with van der Waals surface area (Å²) >= 11 is 18.0. The highest BCUT2D eigenvalue weighted by atomic mass is 35.5. The molecule has 0 bridgehead atoms. The monoisotopic (exact) mass is 302 g/mol. The molecular formula is C12H9Cl3N2O. The Kier molecular flexibility index (Phi) is 4.40. The van der Waals surface area contributed by atoms with Crippen molar-refractivity contribution < 1.29 is 4.74 Å². The van der Waals surface area contributed by atoms with Crippen LogP contribution in [0.1, 0.15) is 5.82 Å². The summed E-state index contributed by atoms with van der Waals surface area (Å²) in [7, 11) is 1.57. The van der Waals surface area contributed by atoms with Crippen LogP contribution < -0.4 is 0 Å². The van der Waals surface area contributed by atoms with Crippen LogP contribution in [-0.2, 0) is 11.3 Å². The number of hydrogen-bond acceptors (Lipinski definition) is 3. The number of methoxy groups -OCH3 is 1. The smallest absolute Gasteiger partial charge is 0.156 e. The Morgan fingerprint density at radius 1 is 1.11 bits per heavy atom. The van der Waals surface area contributed by atoms with E-state index in [1.54, 1.807) is 31.4 Å². The minimum absolute atomic E-state index is 0.283.